The van der Waals surface area contributed by atoms with Gasteiger partial charge < -0.3 is 21.3 Å². The SMILES string of the molecule is CCN(c1cccc2c1CC=CCCC1=C(CNC2=O)C(=O)NC(C)C1)[C@H]1CC[C@@H](N)CC1. The standard InChI is InChI=1S/C27H38N4O2/c1-3-31(21-14-12-20(28)13-15-21)25-11-7-10-23-22(25)9-6-4-5-8-19-16-18(2)30-27(33)24(19)17-29-26(23)32/h4,6-7,10-11,18,20-21H,3,5,8-9,12-17,28H2,1-2H3,(H,29,32)(H,30,33)/t18?,20-,21+. The van der Waals surface area contributed by atoms with E-state index < -0.39 is 0 Å². The largest absolute Gasteiger partial charge is 0.369 e. The molecule has 0 saturated heterocycles. The summed E-state index contributed by atoms with van der Waals surface area (Å²) < 4.78 is 0. The van der Waals surface area contributed by atoms with Gasteiger partial charge in [-0.15, -0.1) is 0 Å². The lowest BCUT2D eigenvalue weighted by atomic mass is 9.89. The van der Waals surface area contributed by atoms with Gasteiger partial charge in [0, 0.05) is 48.0 Å². The Bertz CT molecular complexity index is 943. The van der Waals surface area contributed by atoms with E-state index in [-0.39, 0.29) is 24.4 Å². The third-order valence-corrected chi connectivity index (χ3v) is 7.39. The van der Waals surface area contributed by atoms with Gasteiger partial charge in [-0.3, -0.25) is 9.59 Å². The minimum Gasteiger partial charge on any atom is -0.369 e. The van der Waals surface area contributed by atoms with Crippen molar-refractivity contribution in [2.45, 2.75) is 83.3 Å². The molecule has 1 saturated carbocycles. The lowest BCUT2D eigenvalue weighted by Crippen LogP contribution is -2.42. The van der Waals surface area contributed by atoms with Crippen LogP contribution in [0.4, 0.5) is 5.69 Å². The van der Waals surface area contributed by atoms with Crippen molar-refractivity contribution in [3.8, 4) is 0 Å². The minimum atomic E-state index is -0.110. The van der Waals surface area contributed by atoms with Crippen LogP contribution in [-0.2, 0) is 11.2 Å². The van der Waals surface area contributed by atoms with Crippen LogP contribution in [0.15, 0.2) is 41.5 Å². The van der Waals surface area contributed by atoms with Crippen molar-refractivity contribution in [1.29, 1.82) is 0 Å². The molecule has 1 aromatic rings. The van der Waals surface area contributed by atoms with Crippen molar-refractivity contribution in [3.63, 3.8) is 0 Å². The normalized spacial score (nSPS) is 26.3. The molecule has 33 heavy (non-hydrogen) atoms. The molecule has 4 N–H and O–H groups in total. The first-order valence-electron chi connectivity index (χ1n) is 12.6. The van der Waals surface area contributed by atoms with Crippen molar-refractivity contribution in [2.24, 2.45) is 5.73 Å². The van der Waals surface area contributed by atoms with Crippen LogP contribution in [0.1, 0.15) is 74.7 Å². The molecule has 0 bridgehead atoms. The zero-order chi connectivity index (χ0) is 23.4. The van der Waals surface area contributed by atoms with Gasteiger partial charge in [-0.2, -0.15) is 0 Å². The molecule has 0 spiro atoms. The fraction of sp³-hybridized carbons (Fsp3) is 0.556. The number of carbonyl (C=O) groups excluding carboxylic acids is 2. The van der Waals surface area contributed by atoms with Crippen LogP contribution in [0.5, 0.6) is 0 Å². The van der Waals surface area contributed by atoms with Crippen LogP contribution in [0, 0.1) is 0 Å². The van der Waals surface area contributed by atoms with Crippen molar-refractivity contribution < 1.29 is 9.59 Å². The van der Waals surface area contributed by atoms with Gasteiger partial charge in [0.1, 0.15) is 0 Å². The highest BCUT2D eigenvalue weighted by Gasteiger charge is 2.28. The van der Waals surface area contributed by atoms with Crippen molar-refractivity contribution >= 4 is 17.5 Å². The molecule has 4 rings (SSSR count). The Morgan fingerprint density at radius 3 is 2.64 bits per heavy atom. The predicted molar refractivity (Wildman–Crippen MR) is 133 cm³/mol. The summed E-state index contributed by atoms with van der Waals surface area (Å²) in [6.45, 7) is 5.40. The highest BCUT2D eigenvalue weighted by atomic mass is 16.2. The molecule has 1 unspecified atom stereocenters. The molecule has 2 aliphatic heterocycles. The summed E-state index contributed by atoms with van der Waals surface area (Å²) in [5, 5.41) is 6.07. The first kappa shape index (κ1) is 23.6. The van der Waals surface area contributed by atoms with Gasteiger partial charge >= 0.3 is 0 Å². The Labute approximate surface area is 197 Å². The van der Waals surface area contributed by atoms with Gasteiger partial charge in [0.15, 0.2) is 0 Å². The highest BCUT2D eigenvalue weighted by molar-refractivity contribution is 6.00. The molecule has 1 aromatic carbocycles. The summed E-state index contributed by atoms with van der Waals surface area (Å²) >= 11 is 0. The van der Waals surface area contributed by atoms with Gasteiger partial charge in [0.2, 0.25) is 5.91 Å². The molecule has 2 amide bonds. The summed E-state index contributed by atoms with van der Waals surface area (Å²) in [6, 6.07) is 6.96. The zero-order valence-corrected chi connectivity index (χ0v) is 20.0. The zero-order valence-electron chi connectivity index (χ0n) is 20.0. The molecule has 2 heterocycles. The number of nitrogens with one attached hydrogen (secondary N) is 2. The average molecular weight is 451 g/mol. The number of nitrogens with two attached hydrogens (primary N) is 1. The fourth-order valence-electron chi connectivity index (χ4n) is 5.62. The quantitative estimate of drug-likeness (QED) is 0.614. The van der Waals surface area contributed by atoms with E-state index in [0.717, 1.165) is 74.7 Å². The molecular weight excluding hydrogens is 412 g/mol. The van der Waals surface area contributed by atoms with Gasteiger partial charge in [-0.1, -0.05) is 23.8 Å². The number of allylic oxidation sites excluding steroid dienone is 2. The molecule has 0 aromatic heterocycles. The number of carbonyl (C=O) groups is 2. The maximum absolute atomic E-state index is 13.3. The maximum atomic E-state index is 13.3. The molecule has 1 aliphatic carbocycles. The van der Waals surface area contributed by atoms with Crippen LogP contribution in [0.25, 0.3) is 0 Å². The van der Waals surface area contributed by atoms with E-state index in [1.807, 2.05) is 19.1 Å². The number of hydrogen-bond acceptors (Lipinski definition) is 4. The fourth-order valence-corrected chi connectivity index (χ4v) is 5.62. The monoisotopic (exact) mass is 450 g/mol. The van der Waals surface area contributed by atoms with Crippen molar-refractivity contribution in [3.05, 3.63) is 52.6 Å². The Hall–Kier alpha value is -2.60. The number of amides is 2. The van der Waals surface area contributed by atoms with Gasteiger partial charge in [0.05, 0.1) is 0 Å². The van der Waals surface area contributed by atoms with Gasteiger partial charge in [-0.05, 0) is 82.9 Å². The molecule has 0 radical (unpaired) electrons. The summed E-state index contributed by atoms with van der Waals surface area (Å²) in [6.07, 6.45) is 12.0. The topological polar surface area (TPSA) is 87.5 Å². The van der Waals surface area contributed by atoms with Crippen LogP contribution >= 0.6 is 0 Å². The summed E-state index contributed by atoms with van der Waals surface area (Å²) in [5.74, 6) is -0.160. The Morgan fingerprint density at radius 2 is 1.88 bits per heavy atom. The van der Waals surface area contributed by atoms with Gasteiger partial charge in [-0.25, -0.2) is 0 Å². The lowest BCUT2D eigenvalue weighted by Gasteiger charge is -2.38. The van der Waals surface area contributed by atoms with E-state index in [0.29, 0.717) is 17.6 Å². The van der Waals surface area contributed by atoms with Crippen LogP contribution in [0.2, 0.25) is 0 Å². The van der Waals surface area contributed by atoms with Crippen molar-refractivity contribution in [1.82, 2.24) is 10.6 Å². The van der Waals surface area contributed by atoms with Crippen LogP contribution in [-0.4, -0.2) is 43.0 Å². The summed E-state index contributed by atoms with van der Waals surface area (Å²) in [4.78, 5) is 28.4. The molecule has 1 fully saturated rings. The number of rotatable bonds is 3. The van der Waals surface area contributed by atoms with Crippen LogP contribution < -0.4 is 21.3 Å². The molecule has 6 heteroatoms. The second-order valence-corrected chi connectivity index (χ2v) is 9.72. The second kappa shape index (κ2) is 10.6. The number of nitrogens with zero attached hydrogens (tertiary/aromatic N) is 1. The van der Waals surface area contributed by atoms with E-state index in [1.165, 1.54) is 5.57 Å². The Kier molecular flexibility index (Phi) is 7.53. The Morgan fingerprint density at radius 1 is 1.09 bits per heavy atom. The average Bonchev–Trinajstić information content (AvgIpc) is 2.79. The third-order valence-electron chi connectivity index (χ3n) is 7.39. The summed E-state index contributed by atoms with van der Waals surface area (Å²) in [7, 11) is 0. The first-order chi connectivity index (χ1) is 16.0. The van der Waals surface area contributed by atoms with E-state index >= 15 is 0 Å². The predicted octanol–water partition coefficient (Wildman–Crippen LogP) is 3.61. The van der Waals surface area contributed by atoms with Gasteiger partial charge in [0.25, 0.3) is 5.91 Å². The molecule has 3 aliphatic rings. The highest BCUT2D eigenvalue weighted by Crippen LogP contribution is 2.32. The number of fused-ring (bicyclic) bond motifs is 1. The number of benzene rings is 1. The summed E-state index contributed by atoms with van der Waals surface area (Å²) in [5.41, 5.74) is 11.0. The van der Waals surface area contributed by atoms with Crippen molar-refractivity contribution in [2.75, 3.05) is 18.0 Å². The molecule has 6 nitrogen and oxygen atoms in total. The lowest BCUT2D eigenvalue weighted by molar-refractivity contribution is -0.118. The Balaban J connectivity index is 1.65. The first-order valence-corrected chi connectivity index (χ1v) is 12.6. The second-order valence-electron chi connectivity index (χ2n) is 9.72. The maximum Gasteiger partial charge on any atom is 0.251 e. The minimum absolute atomic E-state index is 0.0493. The molecule has 1 atom stereocenters. The number of hydrogen-bond donors (Lipinski definition) is 3. The van der Waals surface area contributed by atoms with E-state index in [1.54, 1.807) is 0 Å². The van der Waals surface area contributed by atoms with E-state index in [9.17, 15) is 9.59 Å². The smallest absolute Gasteiger partial charge is 0.251 e. The number of anilines is 1. The van der Waals surface area contributed by atoms with Crippen LogP contribution in [0.3, 0.4) is 0 Å². The molecular formula is C27H38N4O2. The van der Waals surface area contributed by atoms with E-state index in [4.69, 9.17) is 5.73 Å². The third kappa shape index (κ3) is 5.32. The molecule has 178 valence electrons. The van der Waals surface area contributed by atoms with E-state index in [2.05, 4.69) is 40.7 Å².